The quantitative estimate of drug-likeness (QED) is 0.0320. The molecule has 1 amide bonds. The van der Waals surface area contributed by atoms with Gasteiger partial charge in [0.1, 0.15) is 0 Å². The number of amides is 1. The van der Waals surface area contributed by atoms with Gasteiger partial charge in [0.25, 0.3) is 0 Å². The molecule has 6 nitrogen and oxygen atoms in total. The second-order valence-electron chi connectivity index (χ2n) is 24.9. The lowest BCUT2D eigenvalue weighted by atomic mass is 10.0. The van der Waals surface area contributed by atoms with Crippen molar-refractivity contribution in [2.75, 3.05) is 13.2 Å². The third-order valence-corrected chi connectivity index (χ3v) is 16.9. The Morgan fingerprint density at radius 1 is 0.350 bits per heavy atom. The molecule has 0 bridgehead atoms. The smallest absolute Gasteiger partial charge is 0.305 e. The molecule has 0 fully saturated rings. The average molecular weight is 1120 g/mol. The fraction of sp³-hybridized carbons (Fsp3) is 0.892. The van der Waals surface area contributed by atoms with Crippen LogP contribution in [0, 0.1) is 0 Å². The maximum absolute atomic E-state index is 12.5. The Balaban J connectivity index is 3.33. The highest BCUT2D eigenvalue weighted by molar-refractivity contribution is 5.76. The van der Waals surface area contributed by atoms with Crippen LogP contribution in [0.4, 0.5) is 0 Å². The Kier molecular flexibility index (Phi) is 67.9. The first kappa shape index (κ1) is 78.1. The zero-order valence-corrected chi connectivity index (χ0v) is 54.1. The van der Waals surface area contributed by atoms with Crippen molar-refractivity contribution >= 4 is 11.9 Å². The maximum atomic E-state index is 12.5. The first-order chi connectivity index (χ1) is 39.5. The standard InChI is InChI=1S/C74H141NO5/c1-3-5-7-9-11-13-15-17-39-44-48-52-56-60-64-68-74(79)80-69-65-61-57-53-49-45-41-38-36-34-32-30-28-26-24-22-20-18-19-21-23-25-27-29-31-33-35-37-40-43-47-51-55-59-63-67-73(78)75-71(70-76)72(77)66-62-58-54-50-46-42-16-14-12-10-8-6-4-2/h11,13,17,20,22,39,71-72,76-77H,3-10,12,14-16,18-19,21,23-38,40-70H2,1-2H3,(H,75,78)/b13-11-,22-20-,39-17-. The number of nitrogens with one attached hydrogen (secondary N) is 1. The van der Waals surface area contributed by atoms with Crippen molar-refractivity contribution in [3.8, 4) is 0 Å². The van der Waals surface area contributed by atoms with Gasteiger partial charge in [-0.15, -0.1) is 0 Å². The molecule has 0 radical (unpaired) electrons. The second-order valence-corrected chi connectivity index (χ2v) is 24.9. The van der Waals surface area contributed by atoms with E-state index < -0.39 is 12.1 Å². The number of hydrogen-bond acceptors (Lipinski definition) is 5. The first-order valence-electron chi connectivity index (χ1n) is 36.2. The average Bonchev–Trinajstić information content (AvgIpc) is 3.46. The van der Waals surface area contributed by atoms with E-state index >= 15 is 0 Å². The molecular formula is C74H141NO5. The second kappa shape index (κ2) is 69.6. The molecule has 2 atom stereocenters. The summed E-state index contributed by atoms with van der Waals surface area (Å²) in [5.41, 5.74) is 0. The van der Waals surface area contributed by atoms with E-state index in [1.54, 1.807) is 0 Å². The number of carbonyl (C=O) groups excluding carboxylic acids is 2. The van der Waals surface area contributed by atoms with Crippen LogP contribution in [0.3, 0.4) is 0 Å². The molecule has 0 heterocycles. The summed E-state index contributed by atoms with van der Waals surface area (Å²) >= 11 is 0. The topological polar surface area (TPSA) is 95.9 Å². The fourth-order valence-electron chi connectivity index (χ4n) is 11.4. The summed E-state index contributed by atoms with van der Waals surface area (Å²) in [4.78, 5) is 24.6. The van der Waals surface area contributed by atoms with E-state index in [0.29, 0.717) is 25.9 Å². The van der Waals surface area contributed by atoms with Gasteiger partial charge in [-0.2, -0.15) is 0 Å². The highest BCUT2D eigenvalue weighted by Gasteiger charge is 2.20. The number of ether oxygens (including phenoxy) is 1. The lowest BCUT2D eigenvalue weighted by Crippen LogP contribution is -2.45. The largest absolute Gasteiger partial charge is 0.466 e. The number of unbranched alkanes of at least 4 members (excludes halogenated alkanes) is 51. The van der Waals surface area contributed by atoms with E-state index in [1.165, 1.54) is 315 Å². The first-order valence-corrected chi connectivity index (χ1v) is 36.2. The van der Waals surface area contributed by atoms with Crippen molar-refractivity contribution in [1.29, 1.82) is 0 Å². The Labute approximate surface area is 500 Å². The molecule has 0 aliphatic carbocycles. The van der Waals surface area contributed by atoms with Gasteiger partial charge >= 0.3 is 5.97 Å². The zero-order valence-electron chi connectivity index (χ0n) is 54.1. The number of hydrogen-bond donors (Lipinski definition) is 3. The van der Waals surface area contributed by atoms with Crippen LogP contribution < -0.4 is 5.32 Å². The minimum Gasteiger partial charge on any atom is -0.466 e. The molecule has 0 rings (SSSR count). The van der Waals surface area contributed by atoms with Crippen LogP contribution in [0.5, 0.6) is 0 Å². The molecule has 0 aromatic heterocycles. The summed E-state index contributed by atoms with van der Waals surface area (Å²) in [6.07, 6.45) is 89.3. The van der Waals surface area contributed by atoms with Gasteiger partial charge < -0.3 is 20.3 Å². The normalized spacial score (nSPS) is 12.7. The van der Waals surface area contributed by atoms with Crippen molar-refractivity contribution in [2.45, 2.75) is 411 Å². The molecule has 6 heteroatoms. The Hall–Kier alpha value is -1.92. The van der Waals surface area contributed by atoms with Crippen LogP contribution in [0.15, 0.2) is 36.5 Å². The third-order valence-electron chi connectivity index (χ3n) is 16.9. The number of aliphatic hydroxyl groups is 2. The number of esters is 1. The minimum absolute atomic E-state index is 0.00645. The lowest BCUT2D eigenvalue weighted by molar-refractivity contribution is -0.143. The van der Waals surface area contributed by atoms with Gasteiger partial charge in [-0.05, 0) is 83.5 Å². The van der Waals surface area contributed by atoms with E-state index in [0.717, 1.165) is 51.4 Å². The summed E-state index contributed by atoms with van der Waals surface area (Å²) in [5.74, 6) is -0.0231. The summed E-state index contributed by atoms with van der Waals surface area (Å²) in [7, 11) is 0. The van der Waals surface area contributed by atoms with Gasteiger partial charge in [0.05, 0.1) is 25.4 Å². The highest BCUT2D eigenvalue weighted by Crippen LogP contribution is 2.19. The van der Waals surface area contributed by atoms with E-state index in [-0.39, 0.29) is 18.5 Å². The molecule has 0 saturated heterocycles. The number of carbonyl (C=O) groups is 2. The van der Waals surface area contributed by atoms with E-state index in [1.807, 2.05) is 0 Å². The van der Waals surface area contributed by atoms with Crippen LogP contribution in [0.2, 0.25) is 0 Å². The molecular weight excluding hydrogens is 983 g/mol. The maximum Gasteiger partial charge on any atom is 0.305 e. The molecule has 0 saturated carbocycles. The zero-order chi connectivity index (χ0) is 57.8. The van der Waals surface area contributed by atoms with Crippen LogP contribution in [0.1, 0.15) is 399 Å². The van der Waals surface area contributed by atoms with Gasteiger partial charge in [-0.25, -0.2) is 0 Å². The minimum atomic E-state index is -0.661. The molecule has 0 aromatic rings. The van der Waals surface area contributed by atoms with Gasteiger partial charge in [0, 0.05) is 12.8 Å². The Bertz CT molecular complexity index is 1300. The van der Waals surface area contributed by atoms with Crippen molar-refractivity contribution in [1.82, 2.24) is 5.32 Å². The van der Waals surface area contributed by atoms with Crippen molar-refractivity contribution in [3.63, 3.8) is 0 Å². The van der Waals surface area contributed by atoms with Gasteiger partial charge in [0.15, 0.2) is 0 Å². The number of allylic oxidation sites excluding steroid dienone is 6. The number of aliphatic hydroxyl groups excluding tert-OH is 2. The summed E-state index contributed by atoms with van der Waals surface area (Å²) in [6, 6.07) is -0.538. The van der Waals surface area contributed by atoms with E-state index in [4.69, 9.17) is 4.74 Å². The highest BCUT2D eigenvalue weighted by atomic mass is 16.5. The molecule has 2 unspecified atom stereocenters. The molecule has 0 aliphatic heterocycles. The SMILES string of the molecule is CCCCC/C=C\C/C=C\CCCCCCCC(=O)OCCCCCCCCCCCCCCCC/C=C\CCCCCCCCCCCCCCCCCCCC(=O)NC(CO)C(O)CCCCCCCCCCCCCCC. The van der Waals surface area contributed by atoms with Gasteiger partial charge in [0.2, 0.25) is 5.91 Å². The monoisotopic (exact) mass is 1120 g/mol. The third kappa shape index (κ3) is 65.2. The molecule has 0 aliphatic rings. The van der Waals surface area contributed by atoms with Crippen molar-refractivity contribution in [2.24, 2.45) is 0 Å². The molecule has 3 N–H and O–H groups in total. The Morgan fingerprint density at radius 3 is 0.988 bits per heavy atom. The molecule has 0 spiro atoms. The van der Waals surface area contributed by atoms with Crippen molar-refractivity contribution in [3.05, 3.63) is 36.5 Å². The number of rotatable bonds is 68. The van der Waals surface area contributed by atoms with E-state index in [2.05, 4.69) is 55.6 Å². The summed E-state index contributed by atoms with van der Waals surface area (Å²) < 4.78 is 5.49. The van der Waals surface area contributed by atoms with Crippen LogP contribution in [0.25, 0.3) is 0 Å². The van der Waals surface area contributed by atoms with Crippen LogP contribution >= 0.6 is 0 Å². The summed E-state index contributed by atoms with van der Waals surface area (Å²) in [5, 5.41) is 23.3. The molecule has 0 aromatic carbocycles. The van der Waals surface area contributed by atoms with Gasteiger partial charge in [-0.1, -0.05) is 339 Å². The van der Waals surface area contributed by atoms with Crippen molar-refractivity contribution < 1.29 is 24.5 Å². The van der Waals surface area contributed by atoms with Crippen LogP contribution in [-0.4, -0.2) is 47.4 Å². The lowest BCUT2D eigenvalue weighted by Gasteiger charge is -2.22. The van der Waals surface area contributed by atoms with E-state index in [9.17, 15) is 19.8 Å². The molecule has 472 valence electrons. The molecule has 80 heavy (non-hydrogen) atoms. The predicted molar refractivity (Wildman–Crippen MR) is 352 cm³/mol. The van der Waals surface area contributed by atoms with Crippen LogP contribution in [-0.2, 0) is 14.3 Å². The Morgan fingerprint density at radius 2 is 0.625 bits per heavy atom. The summed E-state index contributed by atoms with van der Waals surface area (Å²) in [6.45, 7) is 4.95. The fourth-order valence-corrected chi connectivity index (χ4v) is 11.4. The predicted octanol–water partition coefficient (Wildman–Crippen LogP) is 23.5. The van der Waals surface area contributed by atoms with Gasteiger partial charge in [-0.3, -0.25) is 9.59 Å².